The van der Waals surface area contributed by atoms with Crippen LogP contribution < -0.4 is 10.6 Å². The lowest BCUT2D eigenvalue weighted by atomic mass is 10.0. The number of anilines is 2. The molecule has 2 amide bonds. The van der Waals surface area contributed by atoms with Crippen LogP contribution in [0.15, 0.2) is 140 Å². The minimum Gasteiger partial charge on any atom is -0.478 e. The van der Waals surface area contributed by atoms with E-state index in [1.165, 1.54) is 36.2 Å². The van der Waals surface area contributed by atoms with Gasteiger partial charge in [-0.2, -0.15) is 10.2 Å². The minimum absolute atomic E-state index is 0.0677. The van der Waals surface area contributed by atoms with E-state index in [1.54, 1.807) is 135 Å². The number of rotatable bonds is 12. The van der Waals surface area contributed by atoms with Crippen LogP contribution in [0.4, 0.5) is 11.6 Å². The second kappa shape index (κ2) is 23.3. The number of nitrogens with one attached hydrogen (secondary N) is 3. The van der Waals surface area contributed by atoms with Crippen molar-refractivity contribution in [1.82, 2.24) is 57.4 Å². The molecule has 0 spiro atoms. The highest BCUT2D eigenvalue weighted by Crippen LogP contribution is 2.34. The molecule has 8 heterocycles. The Balaban J connectivity index is 0.000000151. The molecule has 29 heteroatoms. The summed E-state index contributed by atoms with van der Waals surface area (Å²) in [6.45, 7) is 0. The van der Waals surface area contributed by atoms with Gasteiger partial charge in [0.15, 0.2) is 11.3 Å². The van der Waals surface area contributed by atoms with Crippen molar-refractivity contribution in [3.05, 3.63) is 174 Å². The third-order valence-corrected chi connectivity index (χ3v) is 14.6. The second-order valence-electron chi connectivity index (χ2n) is 17.8. The number of carboxylic acids is 1. The number of fused-ring (bicyclic) bond motifs is 3. The van der Waals surface area contributed by atoms with Gasteiger partial charge in [0.05, 0.1) is 54.8 Å². The van der Waals surface area contributed by atoms with Gasteiger partial charge in [-0.1, -0.05) is 66.2 Å². The number of pyridine rings is 3. The Morgan fingerprint density at radius 3 is 1.45 bits per heavy atom. The number of amides is 2. The number of aryl methyl sites for hydroxylation is 2. The van der Waals surface area contributed by atoms with Gasteiger partial charge >= 0.3 is 17.9 Å². The zero-order valence-electron chi connectivity index (χ0n) is 44.3. The Labute approximate surface area is 475 Å². The number of ether oxygens (including phenoxy) is 2. The second-order valence-corrected chi connectivity index (χ2v) is 21.9. The standard InChI is InChI=1S/C20H18N6O5S.C18H14N6O3.C16H13ClN2O4S/c1-25-18(21-11-22-25)19(27)24-16-9-8-12-10-15(26(17(12)23-16)32(3,29)30)13-6-4-5-7-14(13)20(28)31-2;1-24-16(19-9-20-24)17(25)23-14-7-6-10-8-13(21-15(10)22-14)11-4-2-3-5-12(11)18(26)27;1-23-16(20)12-6-4-3-5-11(12)13-9-10-7-8-14(17)18-15(10)19(13)24(2,21)22/h4-11H,1-3H3,(H,23,24,27);2-9H,1H3,(H,26,27)(H2,21,22,23,25);3-9H,1-2H3. The molecule has 4 N–H and O–H groups in total. The van der Waals surface area contributed by atoms with Crippen molar-refractivity contribution in [2.45, 2.75) is 0 Å². The summed E-state index contributed by atoms with van der Waals surface area (Å²) in [6.07, 6.45) is 4.64. The van der Waals surface area contributed by atoms with Crippen molar-refractivity contribution >= 4 is 106 Å². The maximum atomic E-state index is 12.7. The highest BCUT2D eigenvalue weighted by Gasteiger charge is 2.26. The molecule has 0 atom stereocenters. The van der Waals surface area contributed by atoms with Gasteiger partial charge < -0.3 is 30.2 Å². The number of hydrogen-bond acceptors (Lipinski definition) is 18. The number of nitrogens with zero attached hydrogens (tertiary/aromatic N) is 11. The highest BCUT2D eigenvalue weighted by molar-refractivity contribution is 7.89. The first kappa shape index (κ1) is 57.2. The summed E-state index contributed by atoms with van der Waals surface area (Å²) in [7, 11) is -1.83. The van der Waals surface area contributed by atoms with Crippen LogP contribution in [0.2, 0.25) is 5.15 Å². The molecule has 11 aromatic rings. The van der Waals surface area contributed by atoms with Crippen LogP contribution in [0.1, 0.15) is 52.3 Å². The fourth-order valence-corrected chi connectivity index (χ4v) is 10.7. The average Bonchev–Trinajstić information content (AvgIpc) is 2.80. The summed E-state index contributed by atoms with van der Waals surface area (Å²) in [6, 6.07) is 34.8. The SMILES string of the molecule is COC(=O)c1ccccc1-c1cc2ccc(Cl)nc2n1S(C)(=O)=O.COC(=O)c1ccccc1-c1cc2ccc(NC(=O)c3ncnn3C)nc2n1S(C)(=O)=O.Cn1ncnc1C(=O)Nc1ccc2cc(-c3ccccc3C(=O)O)[nH]c2n1. The summed E-state index contributed by atoms with van der Waals surface area (Å²) >= 11 is 5.91. The number of methoxy groups -OCH3 is 2. The first-order chi connectivity index (χ1) is 39.6. The van der Waals surface area contributed by atoms with Crippen molar-refractivity contribution in [1.29, 1.82) is 0 Å². The summed E-state index contributed by atoms with van der Waals surface area (Å²) < 4.78 is 64.5. The van der Waals surface area contributed by atoms with Gasteiger partial charge in [0.2, 0.25) is 31.7 Å². The van der Waals surface area contributed by atoms with Gasteiger partial charge in [0.1, 0.15) is 35.1 Å². The first-order valence-corrected chi connectivity index (χ1v) is 28.2. The summed E-state index contributed by atoms with van der Waals surface area (Å²) in [4.78, 5) is 84.1. The van der Waals surface area contributed by atoms with Crippen LogP contribution in [-0.4, -0.2) is 136 Å². The van der Waals surface area contributed by atoms with Crippen molar-refractivity contribution < 1.29 is 55.4 Å². The molecule has 0 bridgehead atoms. The van der Waals surface area contributed by atoms with Crippen molar-refractivity contribution in [3.63, 3.8) is 0 Å². The van der Waals surface area contributed by atoms with Gasteiger partial charge in [0.25, 0.3) is 11.8 Å². The quantitative estimate of drug-likeness (QED) is 0.0710. The summed E-state index contributed by atoms with van der Waals surface area (Å²) in [5.74, 6) is -2.43. The van der Waals surface area contributed by atoms with Crippen LogP contribution >= 0.6 is 11.6 Å². The first-order valence-electron chi connectivity index (χ1n) is 24.2. The molecule has 0 unspecified atom stereocenters. The van der Waals surface area contributed by atoms with E-state index in [9.17, 15) is 45.9 Å². The lowest BCUT2D eigenvalue weighted by Gasteiger charge is -2.11. The molecular weight excluding hydrogens is 1140 g/mol. The van der Waals surface area contributed by atoms with Gasteiger partial charge in [-0.3, -0.25) is 9.59 Å². The predicted octanol–water partition coefficient (Wildman–Crippen LogP) is 6.94. The lowest BCUT2D eigenvalue weighted by Crippen LogP contribution is -2.18. The van der Waals surface area contributed by atoms with Crippen LogP contribution in [0.5, 0.6) is 0 Å². The molecule has 0 saturated heterocycles. The number of carbonyl (C=O) groups excluding carboxylic acids is 4. The molecule has 0 saturated carbocycles. The van der Waals surface area contributed by atoms with E-state index in [4.69, 9.17) is 21.1 Å². The van der Waals surface area contributed by atoms with Crippen LogP contribution in [-0.2, 0) is 43.6 Å². The van der Waals surface area contributed by atoms with Crippen LogP contribution in [0.25, 0.3) is 66.9 Å². The Morgan fingerprint density at radius 1 is 0.554 bits per heavy atom. The molecule has 26 nitrogen and oxygen atoms in total. The number of aromatic amines is 1. The molecule has 0 aliphatic carbocycles. The maximum Gasteiger partial charge on any atom is 0.338 e. The Bertz CT molecular complexity index is 4620. The van der Waals surface area contributed by atoms with E-state index >= 15 is 0 Å². The summed E-state index contributed by atoms with van der Waals surface area (Å²) in [5.41, 5.74) is 4.06. The van der Waals surface area contributed by atoms with Crippen molar-refractivity contribution in [3.8, 4) is 33.8 Å². The Morgan fingerprint density at radius 2 is 0.988 bits per heavy atom. The fourth-order valence-electron chi connectivity index (χ4n) is 8.66. The van der Waals surface area contributed by atoms with Gasteiger partial charge in [0, 0.05) is 52.6 Å². The number of carboxylic acid groups (broad SMARTS) is 1. The fraction of sp³-hybridized carbons (Fsp3) is 0.111. The molecular formula is C54H45ClN14O12S2. The molecule has 0 aliphatic heterocycles. The molecule has 0 radical (unpaired) electrons. The Hall–Kier alpha value is -10.5. The van der Waals surface area contributed by atoms with Crippen molar-refractivity contribution in [2.24, 2.45) is 14.1 Å². The number of esters is 2. The van der Waals surface area contributed by atoms with Crippen LogP contribution in [0, 0.1) is 0 Å². The molecule has 0 fully saturated rings. The van der Waals surface area contributed by atoms with Gasteiger partial charge in [-0.05, 0) is 72.8 Å². The number of halogens is 1. The zero-order chi connectivity index (χ0) is 59.5. The summed E-state index contributed by atoms with van der Waals surface area (Å²) in [5, 5.41) is 24.4. The monoisotopic (exact) mass is 1180 g/mol. The van der Waals surface area contributed by atoms with E-state index in [0.717, 1.165) is 25.8 Å². The van der Waals surface area contributed by atoms with E-state index in [-0.39, 0.29) is 56.3 Å². The topological polar surface area (TPSA) is 342 Å². The van der Waals surface area contributed by atoms with Gasteiger partial charge in [-0.15, -0.1) is 0 Å². The smallest absolute Gasteiger partial charge is 0.338 e. The number of carbonyl (C=O) groups is 5. The van der Waals surface area contributed by atoms with Gasteiger partial charge in [-0.25, -0.2) is 73.4 Å². The number of hydrogen-bond donors (Lipinski definition) is 4. The van der Waals surface area contributed by atoms with Crippen molar-refractivity contribution in [2.75, 3.05) is 37.4 Å². The lowest BCUT2D eigenvalue weighted by molar-refractivity contribution is 0.0592. The maximum absolute atomic E-state index is 12.7. The molecule has 83 heavy (non-hydrogen) atoms. The van der Waals surface area contributed by atoms with E-state index in [1.807, 2.05) is 6.07 Å². The highest BCUT2D eigenvalue weighted by atomic mass is 35.5. The number of benzene rings is 3. The molecule has 8 aromatic heterocycles. The van der Waals surface area contributed by atoms with E-state index < -0.39 is 49.8 Å². The predicted molar refractivity (Wildman–Crippen MR) is 305 cm³/mol. The minimum atomic E-state index is -3.85. The average molecular weight is 1180 g/mol. The third kappa shape index (κ3) is 12.0. The largest absolute Gasteiger partial charge is 0.478 e. The number of H-pyrrole nitrogens is 1. The zero-order valence-corrected chi connectivity index (χ0v) is 46.7. The Kier molecular flexibility index (Phi) is 16.1. The number of aromatic carboxylic acids is 1. The third-order valence-electron chi connectivity index (χ3n) is 12.3. The normalized spacial score (nSPS) is 11.3. The molecule has 422 valence electrons. The number of aromatic nitrogens is 12. The molecule has 3 aromatic carbocycles. The van der Waals surface area contributed by atoms with E-state index in [0.29, 0.717) is 50.3 Å². The molecule has 11 rings (SSSR count). The van der Waals surface area contributed by atoms with E-state index in [2.05, 4.69) is 50.7 Å². The molecule has 0 aliphatic rings. The van der Waals surface area contributed by atoms with Crippen LogP contribution in [0.3, 0.4) is 0 Å².